The Morgan fingerprint density at radius 2 is 2.33 bits per heavy atom. The molecule has 0 atom stereocenters. The monoisotopic (exact) mass is 314 g/mol. The van der Waals surface area contributed by atoms with Gasteiger partial charge in [-0.25, -0.2) is 0 Å². The maximum atomic E-state index is 11.9. The number of nitrogens with zero attached hydrogens (tertiary/aromatic N) is 1. The smallest absolute Gasteiger partial charge is 0.268 e. The number of hydrogen-bond acceptors (Lipinski definition) is 2. The molecule has 1 heterocycles. The molecule has 5 heteroatoms. The van der Waals surface area contributed by atoms with Crippen LogP contribution in [0.15, 0.2) is 28.9 Å². The van der Waals surface area contributed by atoms with Gasteiger partial charge in [0.2, 0.25) is 0 Å². The Labute approximate surface area is 116 Å². The van der Waals surface area contributed by atoms with E-state index < -0.39 is 0 Å². The molecule has 0 fully saturated rings. The molecule has 0 unspecified atom stereocenters. The highest BCUT2D eigenvalue weighted by Gasteiger charge is 2.11. The van der Waals surface area contributed by atoms with Gasteiger partial charge in [-0.15, -0.1) is 0 Å². The molecule has 0 aliphatic carbocycles. The number of halogens is 1. The highest BCUT2D eigenvalue weighted by Crippen LogP contribution is 2.14. The Hall–Kier alpha value is -1.07. The number of aryl methyl sites for hydroxylation is 1. The first kappa shape index (κ1) is 15.0. The fraction of sp³-hybridized carbons (Fsp3) is 0.462. The molecule has 0 aliphatic heterocycles. The fourth-order valence-corrected chi connectivity index (χ4v) is 1.96. The van der Waals surface area contributed by atoms with E-state index in [0.717, 1.165) is 16.6 Å². The van der Waals surface area contributed by atoms with Gasteiger partial charge in [0.25, 0.3) is 5.91 Å². The van der Waals surface area contributed by atoms with E-state index in [2.05, 4.69) is 27.8 Å². The molecule has 1 N–H and O–H groups in total. The number of carbonyl (C=O) groups is 1. The lowest BCUT2D eigenvalue weighted by molar-refractivity contribution is 0.0918. The van der Waals surface area contributed by atoms with Crippen LogP contribution in [0.3, 0.4) is 0 Å². The SMILES string of the molecule is C=C(C)COCCNC(=O)c1cc(Br)cn1CC. The summed E-state index contributed by atoms with van der Waals surface area (Å²) in [4.78, 5) is 11.9. The summed E-state index contributed by atoms with van der Waals surface area (Å²) in [6.45, 7) is 9.94. The highest BCUT2D eigenvalue weighted by molar-refractivity contribution is 9.10. The van der Waals surface area contributed by atoms with Crippen molar-refractivity contribution < 1.29 is 9.53 Å². The summed E-state index contributed by atoms with van der Waals surface area (Å²) in [5, 5.41) is 2.83. The average Bonchev–Trinajstić information content (AvgIpc) is 2.69. The predicted molar refractivity (Wildman–Crippen MR) is 75.8 cm³/mol. The second kappa shape index (κ2) is 7.38. The first-order valence-corrected chi connectivity index (χ1v) is 6.70. The minimum atomic E-state index is -0.0820. The second-order valence-electron chi connectivity index (χ2n) is 4.10. The highest BCUT2D eigenvalue weighted by atomic mass is 79.9. The van der Waals surface area contributed by atoms with Crippen molar-refractivity contribution >= 4 is 21.8 Å². The van der Waals surface area contributed by atoms with Crippen molar-refractivity contribution in [3.05, 3.63) is 34.6 Å². The minimum absolute atomic E-state index is 0.0820. The fourth-order valence-electron chi connectivity index (χ4n) is 1.50. The van der Waals surface area contributed by atoms with Gasteiger partial charge in [-0.1, -0.05) is 12.2 Å². The van der Waals surface area contributed by atoms with E-state index in [1.807, 2.05) is 30.7 Å². The van der Waals surface area contributed by atoms with Crippen LogP contribution in [0.1, 0.15) is 24.3 Å². The van der Waals surface area contributed by atoms with Gasteiger partial charge >= 0.3 is 0 Å². The normalized spacial score (nSPS) is 10.4. The molecule has 0 saturated heterocycles. The number of nitrogens with one attached hydrogen (secondary N) is 1. The van der Waals surface area contributed by atoms with Crippen LogP contribution in [-0.2, 0) is 11.3 Å². The van der Waals surface area contributed by atoms with E-state index in [9.17, 15) is 4.79 Å². The zero-order chi connectivity index (χ0) is 13.5. The molecule has 1 aromatic heterocycles. The Balaban J connectivity index is 2.38. The Morgan fingerprint density at radius 1 is 1.61 bits per heavy atom. The molecule has 0 bridgehead atoms. The van der Waals surface area contributed by atoms with Crippen LogP contribution in [0.4, 0.5) is 0 Å². The first-order valence-electron chi connectivity index (χ1n) is 5.90. The van der Waals surface area contributed by atoms with E-state index in [-0.39, 0.29) is 5.91 Å². The zero-order valence-corrected chi connectivity index (χ0v) is 12.4. The largest absolute Gasteiger partial charge is 0.375 e. The van der Waals surface area contributed by atoms with Crippen LogP contribution in [0, 0.1) is 0 Å². The molecular formula is C13H19BrN2O2. The summed E-state index contributed by atoms with van der Waals surface area (Å²) in [5.74, 6) is -0.0820. The molecule has 0 aliphatic rings. The van der Waals surface area contributed by atoms with Gasteiger partial charge in [-0.3, -0.25) is 4.79 Å². The van der Waals surface area contributed by atoms with Gasteiger partial charge in [-0.2, -0.15) is 0 Å². The number of aromatic nitrogens is 1. The summed E-state index contributed by atoms with van der Waals surface area (Å²) < 4.78 is 8.12. The third kappa shape index (κ3) is 4.66. The summed E-state index contributed by atoms with van der Waals surface area (Å²) >= 11 is 3.37. The molecule has 0 saturated carbocycles. The van der Waals surface area contributed by atoms with Gasteiger partial charge in [0.1, 0.15) is 5.69 Å². The van der Waals surface area contributed by atoms with Gasteiger partial charge in [0.15, 0.2) is 0 Å². The van der Waals surface area contributed by atoms with Crippen LogP contribution >= 0.6 is 15.9 Å². The van der Waals surface area contributed by atoms with Crippen LogP contribution in [-0.4, -0.2) is 30.2 Å². The van der Waals surface area contributed by atoms with Crippen molar-refractivity contribution in [3.63, 3.8) is 0 Å². The Kier molecular flexibility index (Phi) is 6.15. The van der Waals surface area contributed by atoms with Crippen LogP contribution in [0.25, 0.3) is 0 Å². The van der Waals surface area contributed by atoms with Crippen molar-refractivity contribution in [1.29, 1.82) is 0 Å². The molecule has 0 aromatic carbocycles. The lowest BCUT2D eigenvalue weighted by atomic mass is 10.4. The summed E-state index contributed by atoms with van der Waals surface area (Å²) in [6.07, 6.45) is 1.90. The molecule has 18 heavy (non-hydrogen) atoms. The average molecular weight is 315 g/mol. The second-order valence-corrected chi connectivity index (χ2v) is 5.01. The summed E-state index contributed by atoms with van der Waals surface area (Å²) in [6, 6.07) is 1.81. The van der Waals surface area contributed by atoms with Gasteiger partial charge < -0.3 is 14.6 Å². The van der Waals surface area contributed by atoms with E-state index >= 15 is 0 Å². The van der Waals surface area contributed by atoms with E-state index in [1.165, 1.54) is 0 Å². The number of hydrogen-bond donors (Lipinski definition) is 1. The van der Waals surface area contributed by atoms with Gasteiger partial charge in [0, 0.05) is 23.8 Å². The lowest BCUT2D eigenvalue weighted by Gasteiger charge is -2.08. The van der Waals surface area contributed by atoms with Crippen molar-refractivity contribution in [3.8, 4) is 0 Å². The quantitative estimate of drug-likeness (QED) is 0.621. The van der Waals surface area contributed by atoms with Crippen molar-refractivity contribution in [1.82, 2.24) is 9.88 Å². The van der Waals surface area contributed by atoms with Crippen LogP contribution in [0.5, 0.6) is 0 Å². The third-order valence-corrected chi connectivity index (χ3v) is 2.75. The first-order chi connectivity index (χ1) is 8.54. The third-order valence-electron chi connectivity index (χ3n) is 2.32. The number of carbonyl (C=O) groups excluding carboxylic acids is 1. The van der Waals surface area contributed by atoms with Crippen LogP contribution < -0.4 is 5.32 Å². The maximum absolute atomic E-state index is 11.9. The van der Waals surface area contributed by atoms with Crippen LogP contribution in [0.2, 0.25) is 0 Å². The van der Waals surface area contributed by atoms with E-state index in [1.54, 1.807) is 0 Å². The summed E-state index contributed by atoms with van der Waals surface area (Å²) in [5.41, 5.74) is 1.63. The standard InChI is InChI=1S/C13H19BrN2O2/c1-4-16-8-11(14)7-12(16)13(17)15-5-6-18-9-10(2)3/h7-8H,2,4-6,9H2,1,3H3,(H,15,17). The molecule has 0 radical (unpaired) electrons. The van der Waals surface area contributed by atoms with Crippen molar-refractivity contribution in [2.75, 3.05) is 19.8 Å². The van der Waals surface area contributed by atoms with E-state index in [0.29, 0.717) is 25.5 Å². The molecule has 100 valence electrons. The number of ether oxygens (including phenoxy) is 1. The number of rotatable bonds is 7. The zero-order valence-electron chi connectivity index (χ0n) is 10.8. The maximum Gasteiger partial charge on any atom is 0.268 e. The molecule has 1 rings (SSSR count). The molecule has 1 aromatic rings. The molecule has 4 nitrogen and oxygen atoms in total. The topological polar surface area (TPSA) is 43.3 Å². The predicted octanol–water partition coefficient (Wildman–Crippen LogP) is 2.59. The Bertz CT molecular complexity index is 427. The van der Waals surface area contributed by atoms with Gasteiger partial charge in [-0.05, 0) is 35.8 Å². The molecular weight excluding hydrogens is 296 g/mol. The molecule has 0 spiro atoms. The number of amides is 1. The van der Waals surface area contributed by atoms with Crippen molar-refractivity contribution in [2.24, 2.45) is 0 Å². The lowest BCUT2D eigenvalue weighted by Crippen LogP contribution is -2.29. The minimum Gasteiger partial charge on any atom is -0.375 e. The molecule has 1 amide bonds. The Morgan fingerprint density at radius 3 is 2.94 bits per heavy atom. The summed E-state index contributed by atoms with van der Waals surface area (Å²) in [7, 11) is 0. The van der Waals surface area contributed by atoms with E-state index in [4.69, 9.17) is 4.74 Å². The van der Waals surface area contributed by atoms with Gasteiger partial charge in [0.05, 0.1) is 13.2 Å². The van der Waals surface area contributed by atoms with Crippen molar-refractivity contribution in [2.45, 2.75) is 20.4 Å².